The van der Waals surface area contributed by atoms with E-state index >= 15 is 0 Å². The van der Waals surface area contributed by atoms with Crippen molar-refractivity contribution >= 4 is 40.5 Å². The van der Waals surface area contributed by atoms with E-state index in [0.29, 0.717) is 28.9 Å². The van der Waals surface area contributed by atoms with Crippen LogP contribution in [0.3, 0.4) is 0 Å². The summed E-state index contributed by atoms with van der Waals surface area (Å²) in [5, 5.41) is 4.17. The first-order valence-electron chi connectivity index (χ1n) is 7.79. The van der Waals surface area contributed by atoms with E-state index in [1.165, 1.54) is 0 Å². The number of amides is 1. The Balaban J connectivity index is 1.78. The van der Waals surface area contributed by atoms with E-state index in [9.17, 15) is 4.79 Å². The maximum absolute atomic E-state index is 12.4. The van der Waals surface area contributed by atoms with Gasteiger partial charge >= 0.3 is 0 Å². The number of morpholine rings is 1. The number of benzene rings is 2. The SMILES string of the molecule is O=C(Cc1ccccc1Cl)Nc1cccc(Cl)c1N1CCOCC1. The Morgan fingerprint density at radius 1 is 1.04 bits per heavy atom. The highest BCUT2D eigenvalue weighted by Gasteiger charge is 2.19. The number of carbonyl (C=O) groups excluding carboxylic acids is 1. The maximum atomic E-state index is 12.4. The van der Waals surface area contributed by atoms with E-state index < -0.39 is 0 Å². The Morgan fingerprint density at radius 2 is 1.75 bits per heavy atom. The van der Waals surface area contributed by atoms with Crippen LogP contribution in [0.15, 0.2) is 42.5 Å². The second-order valence-electron chi connectivity index (χ2n) is 5.55. The first-order chi connectivity index (χ1) is 11.6. The lowest BCUT2D eigenvalue weighted by molar-refractivity contribution is -0.115. The molecule has 0 radical (unpaired) electrons. The summed E-state index contributed by atoms with van der Waals surface area (Å²) in [6.07, 6.45) is 0.217. The molecule has 4 nitrogen and oxygen atoms in total. The van der Waals surface area contributed by atoms with Crippen molar-refractivity contribution in [3.63, 3.8) is 0 Å². The quantitative estimate of drug-likeness (QED) is 0.890. The van der Waals surface area contributed by atoms with Gasteiger partial charge in [-0.2, -0.15) is 0 Å². The fraction of sp³-hybridized carbons (Fsp3) is 0.278. The van der Waals surface area contributed by atoms with Crippen molar-refractivity contribution in [1.29, 1.82) is 0 Å². The van der Waals surface area contributed by atoms with Gasteiger partial charge in [0.15, 0.2) is 0 Å². The first-order valence-corrected chi connectivity index (χ1v) is 8.55. The van der Waals surface area contributed by atoms with Crippen LogP contribution >= 0.6 is 23.2 Å². The molecule has 0 aromatic heterocycles. The smallest absolute Gasteiger partial charge is 0.228 e. The van der Waals surface area contributed by atoms with Crippen LogP contribution in [0.5, 0.6) is 0 Å². The van der Waals surface area contributed by atoms with Gasteiger partial charge in [-0.15, -0.1) is 0 Å². The fourth-order valence-corrected chi connectivity index (χ4v) is 3.23. The Labute approximate surface area is 151 Å². The highest BCUT2D eigenvalue weighted by Crippen LogP contribution is 2.34. The molecule has 0 unspecified atom stereocenters. The molecule has 0 aliphatic carbocycles. The number of anilines is 2. The number of nitrogens with zero attached hydrogens (tertiary/aromatic N) is 1. The molecule has 0 spiro atoms. The Bertz CT molecular complexity index is 731. The van der Waals surface area contributed by atoms with Crippen molar-refractivity contribution in [2.75, 3.05) is 36.5 Å². The second kappa shape index (κ2) is 7.88. The van der Waals surface area contributed by atoms with Crippen LogP contribution in [0.1, 0.15) is 5.56 Å². The molecule has 126 valence electrons. The Morgan fingerprint density at radius 3 is 2.50 bits per heavy atom. The second-order valence-corrected chi connectivity index (χ2v) is 6.37. The van der Waals surface area contributed by atoms with Gasteiger partial charge in [-0.3, -0.25) is 4.79 Å². The molecule has 1 amide bonds. The number of hydrogen-bond donors (Lipinski definition) is 1. The lowest BCUT2D eigenvalue weighted by Gasteiger charge is -2.31. The van der Waals surface area contributed by atoms with Crippen LogP contribution in [0.25, 0.3) is 0 Å². The maximum Gasteiger partial charge on any atom is 0.228 e. The molecule has 0 bridgehead atoms. The van der Waals surface area contributed by atoms with Gasteiger partial charge in [0.05, 0.1) is 36.0 Å². The van der Waals surface area contributed by atoms with Crippen LogP contribution in [-0.4, -0.2) is 32.2 Å². The minimum atomic E-state index is -0.125. The summed E-state index contributed by atoms with van der Waals surface area (Å²) < 4.78 is 5.39. The van der Waals surface area contributed by atoms with E-state index in [2.05, 4.69) is 10.2 Å². The summed E-state index contributed by atoms with van der Waals surface area (Å²) >= 11 is 12.5. The van der Waals surface area contributed by atoms with Gasteiger partial charge in [0, 0.05) is 18.1 Å². The van der Waals surface area contributed by atoms with Crippen LogP contribution in [0, 0.1) is 0 Å². The molecule has 2 aromatic rings. The summed E-state index contributed by atoms with van der Waals surface area (Å²) in [5.41, 5.74) is 2.35. The molecule has 2 aromatic carbocycles. The van der Waals surface area contributed by atoms with Crippen LogP contribution in [0.2, 0.25) is 10.0 Å². The number of para-hydroxylation sites is 1. The molecule has 6 heteroatoms. The van der Waals surface area contributed by atoms with Crippen molar-refractivity contribution in [3.05, 3.63) is 58.1 Å². The zero-order valence-electron chi connectivity index (χ0n) is 13.1. The van der Waals surface area contributed by atoms with Crippen molar-refractivity contribution in [3.8, 4) is 0 Å². The van der Waals surface area contributed by atoms with E-state index in [1.54, 1.807) is 6.07 Å². The molecular formula is C18H18Cl2N2O2. The van der Waals surface area contributed by atoms with Gasteiger partial charge in [0.1, 0.15) is 0 Å². The Hall–Kier alpha value is -1.75. The molecule has 1 heterocycles. The summed E-state index contributed by atoms with van der Waals surface area (Å²) in [4.78, 5) is 14.6. The summed E-state index contributed by atoms with van der Waals surface area (Å²) in [6, 6.07) is 12.9. The van der Waals surface area contributed by atoms with Gasteiger partial charge in [0.2, 0.25) is 5.91 Å². The third kappa shape index (κ3) is 4.01. The Kier molecular flexibility index (Phi) is 5.61. The number of ether oxygens (including phenoxy) is 1. The van der Waals surface area contributed by atoms with Crippen molar-refractivity contribution in [2.45, 2.75) is 6.42 Å². The van der Waals surface area contributed by atoms with Crippen LogP contribution in [-0.2, 0) is 16.0 Å². The number of rotatable bonds is 4. The molecule has 1 fully saturated rings. The lowest BCUT2D eigenvalue weighted by Crippen LogP contribution is -2.37. The largest absolute Gasteiger partial charge is 0.378 e. The highest BCUT2D eigenvalue weighted by molar-refractivity contribution is 6.34. The first kappa shape index (κ1) is 17.1. The average Bonchev–Trinajstić information content (AvgIpc) is 2.58. The topological polar surface area (TPSA) is 41.6 Å². The normalized spacial score (nSPS) is 14.5. The zero-order chi connectivity index (χ0) is 16.9. The molecule has 0 atom stereocenters. The van der Waals surface area contributed by atoms with Gasteiger partial charge in [-0.25, -0.2) is 0 Å². The van der Waals surface area contributed by atoms with Crippen LogP contribution < -0.4 is 10.2 Å². The molecule has 1 aliphatic heterocycles. The van der Waals surface area contributed by atoms with E-state index in [4.69, 9.17) is 27.9 Å². The number of halogens is 2. The standard InChI is InChI=1S/C18H18Cl2N2O2/c19-14-5-2-1-4-13(14)12-17(23)21-16-7-3-6-15(20)18(16)22-8-10-24-11-9-22/h1-7H,8-12H2,(H,21,23). The van der Waals surface area contributed by atoms with Gasteiger partial charge in [0.25, 0.3) is 0 Å². The summed E-state index contributed by atoms with van der Waals surface area (Å²) in [6.45, 7) is 2.80. The third-order valence-corrected chi connectivity index (χ3v) is 4.57. The summed E-state index contributed by atoms with van der Waals surface area (Å²) in [7, 11) is 0. The predicted octanol–water partition coefficient (Wildman–Crippen LogP) is 4.01. The van der Waals surface area contributed by atoms with Crippen LogP contribution in [0.4, 0.5) is 11.4 Å². The minimum Gasteiger partial charge on any atom is -0.378 e. The number of hydrogen-bond acceptors (Lipinski definition) is 3. The molecule has 1 saturated heterocycles. The van der Waals surface area contributed by atoms with E-state index in [-0.39, 0.29) is 12.3 Å². The van der Waals surface area contributed by atoms with Gasteiger partial charge in [-0.1, -0.05) is 47.5 Å². The van der Waals surface area contributed by atoms with E-state index in [0.717, 1.165) is 24.3 Å². The lowest BCUT2D eigenvalue weighted by atomic mass is 10.1. The molecule has 1 aliphatic rings. The van der Waals surface area contributed by atoms with Gasteiger partial charge < -0.3 is 15.0 Å². The van der Waals surface area contributed by atoms with Crippen molar-refractivity contribution in [2.24, 2.45) is 0 Å². The van der Waals surface area contributed by atoms with Gasteiger partial charge in [-0.05, 0) is 23.8 Å². The predicted molar refractivity (Wildman–Crippen MR) is 98.3 cm³/mol. The molecule has 24 heavy (non-hydrogen) atoms. The number of carbonyl (C=O) groups is 1. The average molecular weight is 365 g/mol. The number of nitrogens with one attached hydrogen (secondary N) is 1. The fourth-order valence-electron chi connectivity index (χ4n) is 2.73. The monoisotopic (exact) mass is 364 g/mol. The molecule has 0 saturated carbocycles. The molecular weight excluding hydrogens is 347 g/mol. The van der Waals surface area contributed by atoms with Crippen molar-refractivity contribution < 1.29 is 9.53 Å². The van der Waals surface area contributed by atoms with Crippen molar-refractivity contribution in [1.82, 2.24) is 0 Å². The zero-order valence-corrected chi connectivity index (χ0v) is 14.6. The molecule has 1 N–H and O–H groups in total. The third-order valence-electron chi connectivity index (χ3n) is 3.90. The highest BCUT2D eigenvalue weighted by atomic mass is 35.5. The van der Waals surface area contributed by atoms with E-state index in [1.807, 2.05) is 36.4 Å². The molecule has 3 rings (SSSR count). The summed E-state index contributed by atoms with van der Waals surface area (Å²) in [5.74, 6) is -0.125. The minimum absolute atomic E-state index is 0.125.